The van der Waals surface area contributed by atoms with Gasteiger partial charge in [0.25, 0.3) is 0 Å². The third kappa shape index (κ3) is 7.32. The molecular weight excluding hydrogens is 406 g/mol. The molecule has 184 valence electrons. The summed E-state index contributed by atoms with van der Waals surface area (Å²) in [6, 6.07) is -1.04. The first-order valence-corrected chi connectivity index (χ1v) is 12.0. The zero-order chi connectivity index (χ0) is 24.8. The van der Waals surface area contributed by atoms with E-state index in [1.807, 2.05) is 41.5 Å². The van der Waals surface area contributed by atoms with Crippen LogP contribution in [0.4, 0.5) is 0 Å². The first kappa shape index (κ1) is 28.1. The lowest BCUT2D eigenvalue weighted by atomic mass is 9.84. The van der Waals surface area contributed by atoms with Crippen molar-refractivity contribution in [2.24, 2.45) is 11.3 Å². The van der Waals surface area contributed by atoms with Gasteiger partial charge < -0.3 is 15.3 Å². The summed E-state index contributed by atoms with van der Waals surface area (Å²) in [6.07, 6.45) is 4.53. The molecule has 1 heterocycles. The fourth-order valence-electron chi connectivity index (χ4n) is 4.39. The maximum absolute atomic E-state index is 13.8. The Kier molecular flexibility index (Phi) is 10.4. The average Bonchev–Trinajstić information content (AvgIpc) is 2.69. The topological polar surface area (TPSA) is 90.0 Å². The Morgan fingerprint density at radius 2 is 1.75 bits per heavy atom. The van der Waals surface area contributed by atoms with Crippen molar-refractivity contribution in [3.05, 3.63) is 11.6 Å². The molecule has 0 aliphatic carbocycles. The number of carbonyl (C=O) groups excluding carboxylic acids is 2. The zero-order valence-corrected chi connectivity index (χ0v) is 21.6. The minimum atomic E-state index is -0.995. The van der Waals surface area contributed by atoms with E-state index >= 15 is 0 Å². The number of likely N-dealkylation sites (N-methyl/N-ethyl adjacent to an activating group) is 1. The summed E-state index contributed by atoms with van der Waals surface area (Å²) in [7, 11) is 0. The molecule has 2 amide bonds. The molecule has 0 aromatic carbocycles. The number of nitrogens with one attached hydrogen (secondary N) is 1. The molecule has 1 aliphatic heterocycles. The number of nitrogens with zero attached hydrogens (tertiary/aromatic N) is 2. The molecule has 0 saturated carbocycles. The molecule has 32 heavy (non-hydrogen) atoms. The number of rotatable bonds is 9. The van der Waals surface area contributed by atoms with Crippen molar-refractivity contribution in [1.29, 1.82) is 0 Å². The summed E-state index contributed by atoms with van der Waals surface area (Å²) >= 11 is 0. The van der Waals surface area contributed by atoms with E-state index in [1.165, 1.54) is 0 Å². The standard InChI is InChI=1S/C25H45N3O4/c1-10-27(20(16(2)3)15-18(6)24(31)32)23(30)21(25(7,8)9)26-22(29)19-13-11-12-14-28(19)17(4)5/h15-17,19-21H,10-14H2,1-9H3,(H,26,29)(H,31,32)/b18-15+. The Labute approximate surface area is 194 Å². The molecule has 0 radical (unpaired) electrons. The van der Waals surface area contributed by atoms with Gasteiger partial charge in [0.05, 0.1) is 12.1 Å². The fraction of sp³-hybridized carbons (Fsp3) is 0.800. The van der Waals surface area contributed by atoms with E-state index in [0.717, 1.165) is 25.8 Å². The summed E-state index contributed by atoms with van der Waals surface area (Å²) in [5.41, 5.74) is -0.286. The molecule has 1 rings (SSSR count). The van der Waals surface area contributed by atoms with Crippen LogP contribution < -0.4 is 5.32 Å². The maximum atomic E-state index is 13.8. The number of hydrogen-bond donors (Lipinski definition) is 2. The summed E-state index contributed by atoms with van der Waals surface area (Å²) in [4.78, 5) is 42.4. The van der Waals surface area contributed by atoms with E-state index in [-0.39, 0.29) is 41.4 Å². The van der Waals surface area contributed by atoms with Crippen LogP contribution in [0, 0.1) is 11.3 Å². The lowest BCUT2D eigenvalue weighted by Crippen LogP contribution is -2.61. The highest BCUT2D eigenvalue weighted by molar-refractivity contribution is 5.91. The fourth-order valence-corrected chi connectivity index (χ4v) is 4.39. The van der Waals surface area contributed by atoms with Crippen molar-refractivity contribution in [1.82, 2.24) is 15.1 Å². The Morgan fingerprint density at radius 1 is 1.16 bits per heavy atom. The van der Waals surface area contributed by atoms with Crippen LogP contribution in [-0.4, -0.2) is 69.9 Å². The molecule has 3 atom stereocenters. The molecule has 0 aromatic heterocycles. The SMILES string of the molecule is CCN(C(=O)C(NC(=O)C1CCCCN1C(C)C)C(C)(C)C)C(/C=C(\C)C(=O)O)C(C)C. The summed E-state index contributed by atoms with van der Waals surface area (Å²) < 4.78 is 0. The summed E-state index contributed by atoms with van der Waals surface area (Å²) in [6.45, 7) is 18.7. The summed E-state index contributed by atoms with van der Waals surface area (Å²) in [5.74, 6) is -1.24. The monoisotopic (exact) mass is 451 g/mol. The third-order valence-electron chi connectivity index (χ3n) is 6.33. The van der Waals surface area contributed by atoms with Gasteiger partial charge in [-0.2, -0.15) is 0 Å². The van der Waals surface area contributed by atoms with E-state index in [1.54, 1.807) is 17.9 Å². The van der Waals surface area contributed by atoms with Crippen LogP contribution in [0.25, 0.3) is 0 Å². The Balaban J connectivity index is 3.24. The van der Waals surface area contributed by atoms with Crippen molar-refractivity contribution in [3.8, 4) is 0 Å². The number of carboxylic acid groups (broad SMARTS) is 1. The van der Waals surface area contributed by atoms with Crippen LogP contribution in [0.15, 0.2) is 11.6 Å². The molecule has 0 spiro atoms. The number of carboxylic acids is 1. The molecule has 0 bridgehead atoms. The molecule has 2 N–H and O–H groups in total. The van der Waals surface area contributed by atoms with Gasteiger partial charge in [-0.3, -0.25) is 14.5 Å². The van der Waals surface area contributed by atoms with Gasteiger partial charge in [-0.15, -0.1) is 0 Å². The first-order valence-electron chi connectivity index (χ1n) is 12.0. The van der Waals surface area contributed by atoms with Gasteiger partial charge in [-0.05, 0) is 58.4 Å². The number of carbonyl (C=O) groups is 3. The molecule has 0 aromatic rings. The molecule has 3 unspecified atom stereocenters. The van der Waals surface area contributed by atoms with Crippen LogP contribution in [-0.2, 0) is 14.4 Å². The molecule has 7 nitrogen and oxygen atoms in total. The lowest BCUT2D eigenvalue weighted by molar-refractivity contribution is -0.143. The van der Waals surface area contributed by atoms with Crippen LogP contribution in [0.5, 0.6) is 0 Å². The number of hydrogen-bond acceptors (Lipinski definition) is 4. The van der Waals surface area contributed by atoms with Gasteiger partial charge in [0.2, 0.25) is 11.8 Å². The highest BCUT2D eigenvalue weighted by atomic mass is 16.4. The van der Waals surface area contributed by atoms with E-state index in [0.29, 0.717) is 6.54 Å². The minimum Gasteiger partial charge on any atom is -0.478 e. The quantitative estimate of drug-likeness (QED) is 0.522. The summed E-state index contributed by atoms with van der Waals surface area (Å²) in [5, 5.41) is 12.4. The second-order valence-corrected chi connectivity index (χ2v) is 10.7. The predicted octanol–water partition coefficient (Wildman–Crippen LogP) is 3.68. The number of piperidine rings is 1. The number of amides is 2. The largest absolute Gasteiger partial charge is 0.478 e. The van der Waals surface area contributed by atoms with Crippen molar-refractivity contribution < 1.29 is 19.5 Å². The molecule has 1 saturated heterocycles. The normalized spacial score (nSPS) is 20.2. The second kappa shape index (κ2) is 11.8. The van der Waals surface area contributed by atoms with Gasteiger partial charge in [0.15, 0.2) is 0 Å². The Morgan fingerprint density at radius 3 is 2.19 bits per heavy atom. The van der Waals surface area contributed by atoms with E-state index in [4.69, 9.17) is 0 Å². The van der Waals surface area contributed by atoms with Gasteiger partial charge in [-0.25, -0.2) is 4.79 Å². The van der Waals surface area contributed by atoms with Crippen LogP contribution in [0.2, 0.25) is 0 Å². The smallest absolute Gasteiger partial charge is 0.331 e. The Bertz CT molecular complexity index is 694. The number of aliphatic carboxylic acids is 1. The predicted molar refractivity (Wildman–Crippen MR) is 128 cm³/mol. The van der Waals surface area contributed by atoms with Crippen LogP contribution >= 0.6 is 0 Å². The highest BCUT2D eigenvalue weighted by Gasteiger charge is 2.40. The Hall–Kier alpha value is -1.89. The van der Waals surface area contributed by atoms with Crippen molar-refractivity contribution in [2.45, 2.75) is 106 Å². The molecule has 7 heteroatoms. The second-order valence-electron chi connectivity index (χ2n) is 10.7. The van der Waals surface area contributed by atoms with Gasteiger partial charge in [0.1, 0.15) is 6.04 Å². The van der Waals surface area contributed by atoms with E-state index < -0.39 is 17.4 Å². The van der Waals surface area contributed by atoms with Crippen molar-refractivity contribution in [3.63, 3.8) is 0 Å². The maximum Gasteiger partial charge on any atom is 0.331 e. The lowest BCUT2D eigenvalue weighted by Gasteiger charge is -2.41. The van der Waals surface area contributed by atoms with E-state index in [2.05, 4.69) is 24.1 Å². The van der Waals surface area contributed by atoms with Gasteiger partial charge in [-0.1, -0.05) is 47.1 Å². The number of likely N-dealkylation sites (tertiary alicyclic amines) is 1. The zero-order valence-electron chi connectivity index (χ0n) is 21.6. The molecular formula is C25H45N3O4. The van der Waals surface area contributed by atoms with Gasteiger partial charge in [0, 0.05) is 18.2 Å². The molecule has 1 aliphatic rings. The third-order valence-corrected chi connectivity index (χ3v) is 6.33. The van der Waals surface area contributed by atoms with Crippen molar-refractivity contribution in [2.75, 3.05) is 13.1 Å². The van der Waals surface area contributed by atoms with Crippen molar-refractivity contribution >= 4 is 17.8 Å². The first-order chi connectivity index (χ1) is 14.7. The van der Waals surface area contributed by atoms with E-state index in [9.17, 15) is 19.5 Å². The average molecular weight is 452 g/mol. The minimum absolute atomic E-state index is 0.0271. The van der Waals surface area contributed by atoms with Crippen LogP contribution in [0.3, 0.4) is 0 Å². The highest BCUT2D eigenvalue weighted by Crippen LogP contribution is 2.26. The molecule has 1 fully saturated rings. The van der Waals surface area contributed by atoms with Crippen LogP contribution in [0.1, 0.15) is 81.6 Å². The van der Waals surface area contributed by atoms with Gasteiger partial charge >= 0.3 is 5.97 Å².